The number of rotatable bonds is 6. The molecule has 1 aliphatic heterocycles. The van der Waals surface area contributed by atoms with Crippen LogP contribution in [0, 0.1) is 0 Å². The highest BCUT2D eigenvalue weighted by Crippen LogP contribution is 2.16. The van der Waals surface area contributed by atoms with Crippen LogP contribution in [0.3, 0.4) is 0 Å². The van der Waals surface area contributed by atoms with Gasteiger partial charge in [0.1, 0.15) is 0 Å². The fourth-order valence-corrected chi connectivity index (χ4v) is 2.44. The van der Waals surface area contributed by atoms with Crippen molar-refractivity contribution in [1.29, 1.82) is 0 Å². The Morgan fingerprint density at radius 3 is 2.86 bits per heavy atom. The first-order valence-electron chi connectivity index (χ1n) is 7.44. The van der Waals surface area contributed by atoms with Crippen molar-refractivity contribution in [2.75, 3.05) is 13.2 Å². The first-order valence-corrected chi connectivity index (χ1v) is 7.44. The molecule has 1 aliphatic rings. The van der Waals surface area contributed by atoms with E-state index in [-0.39, 0.29) is 17.9 Å². The summed E-state index contributed by atoms with van der Waals surface area (Å²) in [7, 11) is 0. The molecule has 0 bridgehead atoms. The number of carbonyl (C=O) groups excluding carboxylic acids is 2. The van der Waals surface area contributed by atoms with Crippen LogP contribution in [0.5, 0.6) is 0 Å². The molecular weight excluding hydrogens is 268 g/mol. The fourth-order valence-electron chi connectivity index (χ4n) is 2.44. The van der Waals surface area contributed by atoms with Crippen LogP contribution in [0.15, 0.2) is 24.3 Å². The van der Waals surface area contributed by atoms with Gasteiger partial charge in [-0.1, -0.05) is 24.3 Å². The summed E-state index contributed by atoms with van der Waals surface area (Å²) < 4.78 is 4.84. The second-order valence-corrected chi connectivity index (χ2v) is 5.11. The number of amides is 1. The molecule has 21 heavy (non-hydrogen) atoms. The summed E-state index contributed by atoms with van der Waals surface area (Å²) in [4.78, 5) is 23.3. The minimum atomic E-state index is -0.212. The number of esters is 1. The maximum absolute atomic E-state index is 12.1. The van der Waals surface area contributed by atoms with Gasteiger partial charge in [0.05, 0.1) is 12.6 Å². The van der Waals surface area contributed by atoms with Crippen molar-refractivity contribution in [1.82, 2.24) is 10.6 Å². The quantitative estimate of drug-likeness (QED) is 0.609. The number of hydrogen-bond donors (Lipinski definition) is 2. The van der Waals surface area contributed by atoms with Gasteiger partial charge in [-0.15, -0.1) is 0 Å². The summed E-state index contributed by atoms with van der Waals surface area (Å²) in [6.45, 7) is 3.40. The second-order valence-electron chi connectivity index (χ2n) is 5.11. The SMILES string of the molecule is CCOC(=O)CCCNC(=O)[C@H]1Cc2ccccc2CN1. The zero-order valence-electron chi connectivity index (χ0n) is 12.4. The molecule has 1 aromatic rings. The molecule has 1 atom stereocenters. The van der Waals surface area contributed by atoms with Crippen molar-refractivity contribution >= 4 is 11.9 Å². The third-order valence-electron chi connectivity index (χ3n) is 3.56. The van der Waals surface area contributed by atoms with Crippen LogP contribution >= 0.6 is 0 Å². The highest BCUT2D eigenvalue weighted by molar-refractivity contribution is 5.82. The Morgan fingerprint density at radius 1 is 1.33 bits per heavy atom. The van der Waals surface area contributed by atoms with E-state index in [1.54, 1.807) is 6.92 Å². The monoisotopic (exact) mass is 290 g/mol. The summed E-state index contributed by atoms with van der Waals surface area (Å²) in [6, 6.07) is 7.96. The van der Waals surface area contributed by atoms with Crippen molar-refractivity contribution < 1.29 is 14.3 Å². The normalized spacial score (nSPS) is 16.9. The van der Waals surface area contributed by atoms with E-state index in [0.717, 1.165) is 6.54 Å². The second kappa shape index (κ2) is 7.78. The molecule has 2 rings (SSSR count). The molecule has 0 spiro atoms. The van der Waals surface area contributed by atoms with Crippen LogP contribution in [0.1, 0.15) is 30.9 Å². The van der Waals surface area contributed by atoms with E-state index in [1.165, 1.54) is 11.1 Å². The lowest BCUT2D eigenvalue weighted by Crippen LogP contribution is -2.47. The number of benzene rings is 1. The lowest BCUT2D eigenvalue weighted by Gasteiger charge is -2.25. The highest BCUT2D eigenvalue weighted by atomic mass is 16.5. The molecule has 0 saturated carbocycles. The smallest absolute Gasteiger partial charge is 0.305 e. The minimum Gasteiger partial charge on any atom is -0.466 e. The predicted octanol–water partition coefficient (Wildman–Crippen LogP) is 1.16. The Labute approximate surface area is 125 Å². The van der Waals surface area contributed by atoms with E-state index in [1.807, 2.05) is 12.1 Å². The molecule has 5 nitrogen and oxygen atoms in total. The van der Waals surface area contributed by atoms with Gasteiger partial charge < -0.3 is 15.4 Å². The number of fused-ring (bicyclic) bond motifs is 1. The van der Waals surface area contributed by atoms with Crippen molar-refractivity contribution in [3.05, 3.63) is 35.4 Å². The van der Waals surface area contributed by atoms with E-state index in [2.05, 4.69) is 22.8 Å². The summed E-state index contributed by atoms with van der Waals surface area (Å²) in [5, 5.41) is 6.11. The molecule has 2 N–H and O–H groups in total. The number of ether oxygens (including phenoxy) is 1. The molecule has 5 heteroatoms. The number of nitrogens with one attached hydrogen (secondary N) is 2. The summed E-state index contributed by atoms with van der Waals surface area (Å²) in [5.74, 6) is -0.218. The van der Waals surface area contributed by atoms with Crippen LogP contribution in [0.2, 0.25) is 0 Å². The van der Waals surface area contributed by atoms with Gasteiger partial charge in [-0.2, -0.15) is 0 Å². The lowest BCUT2D eigenvalue weighted by atomic mass is 9.95. The number of carbonyl (C=O) groups is 2. The largest absolute Gasteiger partial charge is 0.466 e. The standard InChI is InChI=1S/C16H22N2O3/c1-2-21-15(19)8-5-9-17-16(20)14-10-12-6-3-4-7-13(12)11-18-14/h3-4,6-7,14,18H,2,5,8-11H2,1H3,(H,17,20)/t14-/m1/s1. The Hall–Kier alpha value is -1.88. The number of hydrogen-bond acceptors (Lipinski definition) is 4. The van der Waals surface area contributed by atoms with E-state index < -0.39 is 0 Å². The Morgan fingerprint density at radius 2 is 2.10 bits per heavy atom. The van der Waals surface area contributed by atoms with E-state index >= 15 is 0 Å². The van der Waals surface area contributed by atoms with E-state index in [9.17, 15) is 9.59 Å². The third-order valence-corrected chi connectivity index (χ3v) is 3.56. The van der Waals surface area contributed by atoms with Crippen molar-refractivity contribution in [3.8, 4) is 0 Å². The molecule has 1 heterocycles. The molecule has 1 aromatic carbocycles. The minimum absolute atomic E-state index is 0.00615. The van der Waals surface area contributed by atoms with Crippen molar-refractivity contribution in [2.45, 2.75) is 38.8 Å². The fraction of sp³-hybridized carbons (Fsp3) is 0.500. The first-order chi connectivity index (χ1) is 10.2. The Bertz CT molecular complexity index is 502. The van der Waals surface area contributed by atoms with Crippen LogP contribution < -0.4 is 10.6 Å². The first kappa shape index (κ1) is 15.5. The lowest BCUT2D eigenvalue weighted by molar-refractivity contribution is -0.143. The molecule has 0 fully saturated rings. The van der Waals surface area contributed by atoms with Gasteiger partial charge in [0.15, 0.2) is 0 Å². The van der Waals surface area contributed by atoms with Crippen molar-refractivity contribution in [3.63, 3.8) is 0 Å². The Kier molecular flexibility index (Phi) is 5.75. The van der Waals surface area contributed by atoms with Gasteiger partial charge >= 0.3 is 5.97 Å². The molecule has 0 unspecified atom stereocenters. The third kappa shape index (κ3) is 4.56. The van der Waals surface area contributed by atoms with Gasteiger partial charge in [-0.05, 0) is 30.9 Å². The summed E-state index contributed by atoms with van der Waals surface area (Å²) in [5.41, 5.74) is 2.48. The topological polar surface area (TPSA) is 67.4 Å². The predicted molar refractivity (Wildman–Crippen MR) is 79.7 cm³/mol. The molecular formula is C16H22N2O3. The van der Waals surface area contributed by atoms with Crippen LogP contribution in [0.25, 0.3) is 0 Å². The average Bonchev–Trinajstić information content (AvgIpc) is 2.51. The summed E-state index contributed by atoms with van der Waals surface area (Å²) in [6.07, 6.45) is 1.66. The van der Waals surface area contributed by atoms with Gasteiger partial charge in [-0.3, -0.25) is 9.59 Å². The molecule has 0 saturated heterocycles. The summed E-state index contributed by atoms with van der Waals surface area (Å²) >= 11 is 0. The Balaban J connectivity index is 1.71. The zero-order valence-corrected chi connectivity index (χ0v) is 12.4. The van der Waals surface area contributed by atoms with E-state index in [4.69, 9.17) is 4.74 Å². The highest BCUT2D eigenvalue weighted by Gasteiger charge is 2.23. The van der Waals surface area contributed by atoms with Crippen LogP contribution in [-0.2, 0) is 27.3 Å². The molecule has 0 aromatic heterocycles. The maximum atomic E-state index is 12.1. The average molecular weight is 290 g/mol. The van der Waals surface area contributed by atoms with E-state index in [0.29, 0.717) is 32.4 Å². The maximum Gasteiger partial charge on any atom is 0.305 e. The zero-order chi connectivity index (χ0) is 15.1. The van der Waals surface area contributed by atoms with Gasteiger partial charge in [0.2, 0.25) is 5.91 Å². The van der Waals surface area contributed by atoms with Gasteiger partial charge in [0, 0.05) is 19.5 Å². The molecule has 114 valence electrons. The van der Waals surface area contributed by atoms with Gasteiger partial charge in [0.25, 0.3) is 0 Å². The molecule has 0 radical (unpaired) electrons. The van der Waals surface area contributed by atoms with Crippen LogP contribution in [-0.4, -0.2) is 31.1 Å². The molecule has 0 aliphatic carbocycles. The van der Waals surface area contributed by atoms with Crippen LogP contribution in [0.4, 0.5) is 0 Å². The molecule has 1 amide bonds. The van der Waals surface area contributed by atoms with Gasteiger partial charge in [-0.25, -0.2) is 0 Å². The van der Waals surface area contributed by atoms with Crippen molar-refractivity contribution in [2.24, 2.45) is 0 Å².